The van der Waals surface area contributed by atoms with Gasteiger partial charge in [0, 0.05) is 10.4 Å². The first-order valence-electron chi connectivity index (χ1n) is 9.85. The first-order valence-corrected chi connectivity index (χ1v) is 10.2. The summed E-state index contributed by atoms with van der Waals surface area (Å²) in [7, 11) is 0. The number of para-hydroxylation sites is 1. The van der Waals surface area contributed by atoms with Crippen LogP contribution in [-0.2, 0) is 6.42 Å². The number of nitrogens with zero attached hydrogens (tertiary/aromatic N) is 1. The number of benzene rings is 2. The molecule has 0 radical (unpaired) electrons. The van der Waals surface area contributed by atoms with Gasteiger partial charge in [0.2, 0.25) is 0 Å². The fraction of sp³-hybridized carbons (Fsp3) is 0.280. The highest BCUT2D eigenvalue weighted by Crippen LogP contribution is 2.44. The summed E-state index contributed by atoms with van der Waals surface area (Å²) in [5.74, 6) is -0.560. The van der Waals surface area contributed by atoms with Crippen LogP contribution in [0, 0.1) is 11.3 Å². The summed E-state index contributed by atoms with van der Waals surface area (Å²) in [6, 6.07) is 15.2. The van der Waals surface area contributed by atoms with Crippen LogP contribution in [0.25, 0.3) is 22.6 Å². The number of carboxylic acids is 1. The van der Waals surface area contributed by atoms with Crippen molar-refractivity contribution in [3.63, 3.8) is 0 Å². The maximum absolute atomic E-state index is 12.3. The van der Waals surface area contributed by atoms with Gasteiger partial charge in [-0.1, -0.05) is 62.7 Å². The smallest absolute Gasteiger partial charge is 0.336 e. The van der Waals surface area contributed by atoms with Crippen LogP contribution in [0.2, 0.25) is 5.02 Å². The molecule has 0 aliphatic heterocycles. The Kier molecular flexibility index (Phi) is 4.95. The summed E-state index contributed by atoms with van der Waals surface area (Å²) in [6.45, 7) is 6.66. The van der Waals surface area contributed by atoms with E-state index in [1.807, 2.05) is 48.5 Å². The van der Waals surface area contributed by atoms with Crippen molar-refractivity contribution in [2.45, 2.75) is 33.6 Å². The lowest BCUT2D eigenvalue weighted by atomic mass is 9.69. The van der Waals surface area contributed by atoms with Crippen molar-refractivity contribution in [2.24, 2.45) is 11.3 Å². The fourth-order valence-electron chi connectivity index (χ4n) is 4.14. The van der Waals surface area contributed by atoms with Crippen molar-refractivity contribution >= 4 is 40.1 Å². The molecule has 0 bridgehead atoms. The van der Waals surface area contributed by atoms with E-state index in [0.29, 0.717) is 21.9 Å². The van der Waals surface area contributed by atoms with Crippen LogP contribution < -0.4 is 0 Å². The molecule has 1 aromatic heterocycles. The molecule has 0 saturated heterocycles. The highest BCUT2D eigenvalue weighted by molar-refractivity contribution is 6.30. The number of fused-ring (bicyclic) bond motifs is 2. The monoisotopic (exact) mass is 405 g/mol. The maximum Gasteiger partial charge on any atom is 0.336 e. The van der Waals surface area contributed by atoms with Crippen LogP contribution in [0.15, 0.2) is 48.5 Å². The number of halogens is 1. The molecule has 4 heteroatoms. The van der Waals surface area contributed by atoms with Crippen molar-refractivity contribution in [1.29, 1.82) is 0 Å². The largest absolute Gasteiger partial charge is 0.478 e. The molecule has 3 aromatic rings. The number of carbonyl (C=O) groups is 1. The molecule has 2 aromatic carbocycles. The van der Waals surface area contributed by atoms with Gasteiger partial charge < -0.3 is 5.11 Å². The van der Waals surface area contributed by atoms with Gasteiger partial charge in [-0.3, -0.25) is 0 Å². The third-order valence-corrected chi connectivity index (χ3v) is 6.12. The van der Waals surface area contributed by atoms with Crippen molar-refractivity contribution in [3.05, 3.63) is 75.9 Å². The lowest BCUT2D eigenvalue weighted by molar-refractivity contribution is 0.0696. The molecule has 148 valence electrons. The number of carboxylic acid groups (broad SMARTS) is 1. The van der Waals surface area contributed by atoms with E-state index >= 15 is 0 Å². The number of rotatable bonds is 2. The molecule has 1 atom stereocenters. The van der Waals surface area contributed by atoms with Crippen LogP contribution in [0.4, 0.5) is 0 Å². The van der Waals surface area contributed by atoms with Crippen molar-refractivity contribution in [3.8, 4) is 0 Å². The molecule has 0 fully saturated rings. The fourth-order valence-corrected chi connectivity index (χ4v) is 4.27. The zero-order valence-electron chi connectivity index (χ0n) is 16.9. The van der Waals surface area contributed by atoms with Gasteiger partial charge in [0.25, 0.3) is 0 Å². The molecule has 0 saturated carbocycles. The molecule has 0 spiro atoms. The molecular weight excluding hydrogens is 382 g/mol. The van der Waals surface area contributed by atoms with E-state index in [1.165, 1.54) is 0 Å². The van der Waals surface area contributed by atoms with Gasteiger partial charge in [0.05, 0.1) is 16.8 Å². The summed E-state index contributed by atoms with van der Waals surface area (Å²) in [5.41, 5.74) is 4.96. The molecular formula is C25H24ClNO2. The number of hydrogen-bond donors (Lipinski definition) is 1. The minimum Gasteiger partial charge on any atom is -0.478 e. The van der Waals surface area contributed by atoms with E-state index in [-0.39, 0.29) is 5.41 Å². The lowest BCUT2D eigenvalue weighted by Crippen LogP contribution is -2.28. The molecule has 4 rings (SSSR count). The summed E-state index contributed by atoms with van der Waals surface area (Å²) in [5, 5.41) is 11.5. The van der Waals surface area contributed by atoms with Crippen molar-refractivity contribution in [1.82, 2.24) is 4.98 Å². The van der Waals surface area contributed by atoms with E-state index in [0.717, 1.165) is 40.8 Å². The average molecular weight is 406 g/mol. The Morgan fingerprint density at radius 2 is 1.79 bits per heavy atom. The Morgan fingerprint density at radius 3 is 2.45 bits per heavy atom. The highest BCUT2D eigenvalue weighted by Gasteiger charge is 2.35. The second kappa shape index (κ2) is 7.31. The van der Waals surface area contributed by atoms with Crippen LogP contribution in [0.3, 0.4) is 0 Å². The Labute approximate surface area is 176 Å². The Morgan fingerprint density at radius 1 is 1.10 bits per heavy atom. The summed E-state index contributed by atoms with van der Waals surface area (Å²) < 4.78 is 0. The average Bonchev–Trinajstić information content (AvgIpc) is 2.67. The van der Waals surface area contributed by atoms with Gasteiger partial charge in [0.1, 0.15) is 0 Å². The third-order valence-electron chi connectivity index (χ3n) is 5.86. The zero-order valence-corrected chi connectivity index (χ0v) is 17.6. The predicted molar refractivity (Wildman–Crippen MR) is 119 cm³/mol. The van der Waals surface area contributed by atoms with Crippen LogP contribution in [-0.4, -0.2) is 16.1 Å². The van der Waals surface area contributed by atoms with Crippen LogP contribution >= 0.6 is 11.6 Å². The molecule has 1 aliphatic rings. The standard InChI is InChI=1S/C25H24ClNO2/c1-25(2,3)17-13-16(12-15-8-10-18(26)11-9-15)23-20(14-17)22(24(28)29)19-6-4-5-7-21(19)27-23/h4-12,17H,13-14H2,1-3H3,(H,28,29)/b16-12-/t17-/m1/s1. The number of aromatic nitrogens is 1. The van der Waals surface area contributed by atoms with Crippen molar-refractivity contribution in [2.75, 3.05) is 0 Å². The van der Waals surface area contributed by atoms with Crippen molar-refractivity contribution < 1.29 is 9.90 Å². The van der Waals surface area contributed by atoms with E-state index < -0.39 is 5.97 Å². The molecule has 1 aliphatic carbocycles. The second-order valence-corrected chi connectivity index (χ2v) is 9.27. The number of aromatic carboxylic acids is 1. The Balaban J connectivity index is 1.99. The van der Waals surface area contributed by atoms with E-state index in [9.17, 15) is 9.90 Å². The second-order valence-electron chi connectivity index (χ2n) is 8.83. The third kappa shape index (κ3) is 3.79. The molecule has 29 heavy (non-hydrogen) atoms. The van der Waals surface area contributed by atoms with E-state index in [4.69, 9.17) is 16.6 Å². The Hall–Kier alpha value is -2.65. The number of allylic oxidation sites excluding steroid dienone is 1. The number of pyridine rings is 1. The minimum atomic E-state index is -0.889. The minimum absolute atomic E-state index is 0.0538. The predicted octanol–water partition coefficient (Wildman–Crippen LogP) is 6.74. The zero-order chi connectivity index (χ0) is 20.8. The molecule has 0 amide bonds. The lowest BCUT2D eigenvalue weighted by Gasteiger charge is -2.36. The van der Waals surface area contributed by atoms with Gasteiger partial charge in [-0.05, 0) is 65.1 Å². The van der Waals surface area contributed by atoms with Gasteiger partial charge in [-0.25, -0.2) is 9.78 Å². The summed E-state index contributed by atoms with van der Waals surface area (Å²) in [6.07, 6.45) is 3.71. The SMILES string of the molecule is CC(C)(C)[C@@H]1C/C(=C/c2ccc(Cl)cc2)c2nc3ccccc3c(C(=O)O)c2C1. The van der Waals surface area contributed by atoms with Crippen LogP contribution in [0.5, 0.6) is 0 Å². The number of hydrogen-bond acceptors (Lipinski definition) is 2. The maximum atomic E-state index is 12.3. The normalized spacial score (nSPS) is 18.1. The van der Waals surface area contributed by atoms with E-state index in [1.54, 1.807) is 0 Å². The van der Waals surface area contributed by atoms with Gasteiger partial charge in [-0.2, -0.15) is 0 Å². The topological polar surface area (TPSA) is 50.2 Å². The Bertz CT molecular complexity index is 1120. The summed E-state index contributed by atoms with van der Waals surface area (Å²) >= 11 is 6.04. The molecule has 1 heterocycles. The van der Waals surface area contributed by atoms with Gasteiger partial charge >= 0.3 is 5.97 Å². The quantitative estimate of drug-likeness (QED) is 0.513. The van der Waals surface area contributed by atoms with Gasteiger partial charge in [0.15, 0.2) is 0 Å². The van der Waals surface area contributed by atoms with E-state index in [2.05, 4.69) is 26.8 Å². The first kappa shape index (κ1) is 19.7. The summed E-state index contributed by atoms with van der Waals surface area (Å²) in [4.78, 5) is 17.2. The van der Waals surface area contributed by atoms with Gasteiger partial charge in [-0.15, -0.1) is 0 Å². The highest BCUT2D eigenvalue weighted by atomic mass is 35.5. The molecule has 0 unspecified atom stereocenters. The first-order chi connectivity index (χ1) is 13.7. The van der Waals surface area contributed by atoms with Crippen LogP contribution in [0.1, 0.15) is 54.4 Å². The molecule has 1 N–H and O–H groups in total. The molecule has 3 nitrogen and oxygen atoms in total.